The van der Waals surface area contributed by atoms with Crippen LogP contribution in [0.5, 0.6) is 0 Å². The number of amides is 3. The van der Waals surface area contributed by atoms with Crippen LogP contribution >= 0.6 is 11.6 Å². The molecule has 1 atom stereocenters. The highest BCUT2D eigenvalue weighted by atomic mass is 35.5. The first-order chi connectivity index (χ1) is 16.4. The van der Waals surface area contributed by atoms with Gasteiger partial charge in [-0.2, -0.15) is 0 Å². The van der Waals surface area contributed by atoms with Gasteiger partial charge >= 0.3 is 0 Å². The van der Waals surface area contributed by atoms with Crippen molar-refractivity contribution in [2.45, 2.75) is 38.8 Å². The van der Waals surface area contributed by atoms with Crippen molar-refractivity contribution in [1.29, 1.82) is 0 Å². The minimum absolute atomic E-state index is 0.0333. The van der Waals surface area contributed by atoms with Gasteiger partial charge < -0.3 is 15.1 Å². The maximum absolute atomic E-state index is 13.3. The first kappa shape index (κ1) is 23.8. The average molecular weight is 478 g/mol. The van der Waals surface area contributed by atoms with Crippen LogP contribution in [0.3, 0.4) is 0 Å². The SMILES string of the molecule is CC[C@H](C(=O)NC)N(Cc1ccc(Cl)cc1)C(=O)CCCN1C(=O)c2cccc3cccc1c23. The van der Waals surface area contributed by atoms with Gasteiger partial charge in [0, 0.05) is 42.5 Å². The van der Waals surface area contributed by atoms with Crippen LogP contribution in [0.4, 0.5) is 5.69 Å². The fraction of sp³-hybridized carbons (Fsp3) is 0.296. The van der Waals surface area contributed by atoms with Crippen LogP contribution in [0.1, 0.15) is 42.1 Å². The summed E-state index contributed by atoms with van der Waals surface area (Å²) in [7, 11) is 1.58. The van der Waals surface area contributed by atoms with Crippen molar-refractivity contribution in [2.75, 3.05) is 18.5 Å². The van der Waals surface area contributed by atoms with Crippen LogP contribution in [0.25, 0.3) is 10.8 Å². The number of hydrogen-bond acceptors (Lipinski definition) is 3. The molecule has 1 aliphatic heterocycles. The van der Waals surface area contributed by atoms with Crippen LogP contribution < -0.4 is 10.2 Å². The van der Waals surface area contributed by atoms with E-state index in [2.05, 4.69) is 5.32 Å². The maximum atomic E-state index is 13.3. The van der Waals surface area contributed by atoms with Crippen molar-refractivity contribution in [3.05, 3.63) is 76.8 Å². The van der Waals surface area contributed by atoms with Gasteiger partial charge in [-0.3, -0.25) is 14.4 Å². The summed E-state index contributed by atoms with van der Waals surface area (Å²) in [6, 6.07) is 18.3. The molecule has 1 heterocycles. The van der Waals surface area contributed by atoms with Crippen LogP contribution in [-0.4, -0.2) is 42.3 Å². The zero-order chi connectivity index (χ0) is 24.2. The summed E-state index contributed by atoms with van der Waals surface area (Å²) in [5.41, 5.74) is 2.49. The minimum atomic E-state index is -0.570. The van der Waals surface area contributed by atoms with Crippen molar-refractivity contribution < 1.29 is 14.4 Å². The Hall–Kier alpha value is -3.38. The van der Waals surface area contributed by atoms with Gasteiger partial charge in [0.25, 0.3) is 5.91 Å². The van der Waals surface area contributed by atoms with Gasteiger partial charge in [0.15, 0.2) is 0 Å². The number of carbonyl (C=O) groups excluding carboxylic acids is 3. The summed E-state index contributed by atoms with van der Waals surface area (Å²) in [6.45, 7) is 2.64. The van der Waals surface area contributed by atoms with E-state index in [-0.39, 0.29) is 24.1 Å². The Morgan fingerprint density at radius 1 is 1.06 bits per heavy atom. The number of hydrogen-bond donors (Lipinski definition) is 1. The van der Waals surface area contributed by atoms with E-state index in [1.165, 1.54) is 0 Å². The van der Waals surface area contributed by atoms with Gasteiger partial charge in [-0.1, -0.05) is 54.9 Å². The number of halogens is 1. The second kappa shape index (κ2) is 10.3. The van der Waals surface area contributed by atoms with Crippen molar-refractivity contribution in [2.24, 2.45) is 0 Å². The van der Waals surface area contributed by atoms with E-state index in [1.54, 1.807) is 29.0 Å². The molecule has 4 rings (SSSR count). The number of nitrogens with one attached hydrogen (secondary N) is 1. The zero-order valence-electron chi connectivity index (χ0n) is 19.4. The summed E-state index contributed by atoms with van der Waals surface area (Å²) in [5, 5.41) is 5.29. The molecular weight excluding hydrogens is 450 g/mol. The van der Waals surface area contributed by atoms with Crippen molar-refractivity contribution in [3.63, 3.8) is 0 Å². The van der Waals surface area contributed by atoms with E-state index in [0.717, 1.165) is 22.0 Å². The van der Waals surface area contributed by atoms with Gasteiger partial charge in [0.2, 0.25) is 11.8 Å². The number of anilines is 1. The number of likely N-dealkylation sites (N-methyl/N-ethyl adjacent to an activating group) is 1. The summed E-state index contributed by atoms with van der Waals surface area (Å²) in [6.07, 6.45) is 1.23. The van der Waals surface area contributed by atoms with Crippen molar-refractivity contribution in [3.8, 4) is 0 Å². The van der Waals surface area contributed by atoms with Gasteiger partial charge in [-0.05, 0) is 48.1 Å². The first-order valence-corrected chi connectivity index (χ1v) is 11.9. The number of rotatable bonds is 9. The molecule has 0 radical (unpaired) electrons. The lowest BCUT2D eigenvalue weighted by Crippen LogP contribution is -2.48. The summed E-state index contributed by atoms with van der Waals surface area (Å²) in [4.78, 5) is 42.2. The quantitative estimate of drug-likeness (QED) is 0.482. The van der Waals surface area contributed by atoms with Gasteiger partial charge in [0.1, 0.15) is 6.04 Å². The molecule has 0 unspecified atom stereocenters. The normalized spacial score (nSPS) is 13.3. The zero-order valence-corrected chi connectivity index (χ0v) is 20.1. The molecule has 1 aliphatic rings. The molecule has 0 fully saturated rings. The summed E-state index contributed by atoms with van der Waals surface area (Å²) in [5.74, 6) is -0.344. The predicted molar refractivity (Wildman–Crippen MR) is 135 cm³/mol. The Morgan fingerprint density at radius 2 is 1.76 bits per heavy atom. The summed E-state index contributed by atoms with van der Waals surface area (Å²) >= 11 is 6.00. The second-order valence-corrected chi connectivity index (χ2v) is 8.86. The van der Waals surface area contributed by atoms with Crippen molar-refractivity contribution in [1.82, 2.24) is 10.2 Å². The lowest BCUT2D eigenvalue weighted by Gasteiger charge is -2.30. The van der Waals surface area contributed by atoms with Gasteiger partial charge in [-0.25, -0.2) is 0 Å². The smallest absolute Gasteiger partial charge is 0.258 e. The Bertz CT molecular complexity index is 1220. The van der Waals surface area contributed by atoms with E-state index in [1.807, 2.05) is 55.5 Å². The van der Waals surface area contributed by atoms with Crippen LogP contribution in [0, 0.1) is 0 Å². The standard InChI is InChI=1S/C27H28ClN3O3/c1-3-22(26(33)29-2)31(17-18-12-14-20(28)15-13-18)24(32)11-6-16-30-23-10-5-8-19-7-4-9-21(25(19)23)27(30)34/h4-5,7-10,12-15,22H,3,6,11,16-17H2,1-2H3,(H,29,33)/t22-/m1/s1. The molecule has 0 bridgehead atoms. The average Bonchev–Trinajstić information content (AvgIpc) is 3.13. The number of benzene rings is 3. The predicted octanol–water partition coefficient (Wildman–Crippen LogP) is 4.79. The van der Waals surface area contributed by atoms with Crippen LogP contribution in [0.2, 0.25) is 5.02 Å². The molecule has 0 spiro atoms. The molecule has 0 aliphatic carbocycles. The Kier molecular flexibility index (Phi) is 7.17. The molecule has 0 saturated heterocycles. The molecule has 3 aromatic carbocycles. The van der Waals surface area contributed by atoms with Crippen LogP contribution in [0.15, 0.2) is 60.7 Å². The van der Waals surface area contributed by atoms with Crippen LogP contribution in [-0.2, 0) is 16.1 Å². The second-order valence-electron chi connectivity index (χ2n) is 8.43. The largest absolute Gasteiger partial charge is 0.357 e. The Balaban J connectivity index is 1.47. The van der Waals surface area contributed by atoms with E-state index in [4.69, 9.17) is 11.6 Å². The molecule has 176 valence electrons. The third-order valence-electron chi connectivity index (χ3n) is 6.32. The van der Waals surface area contributed by atoms with E-state index in [0.29, 0.717) is 36.5 Å². The molecular formula is C27H28ClN3O3. The highest BCUT2D eigenvalue weighted by Gasteiger charge is 2.31. The Labute approximate surface area is 204 Å². The van der Waals surface area contributed by atoms with E-state index in [9.17, 15) is 14.4 Å². The third-order valence-corrected chi connectivity index (χ3v) is 6.57. The van der Waals surface area contributed by atoms with Crippen molar-refractivity contribution >= 4 is 45.8 Å². The molecule has 7 heteroatoms. The molecule has 0 aromatic heterocycles. The molecule has 1 N–H and O–H groups in total. The molecule has 3 aromatic rings. The van der Waals surface area contributed by atoms with E-state index >= 15 is 0 Å². The maximum Gasteiger partial charge on any atom is 0.258 e. The van der Waals surface area contributed by atoms with E-state index < -0.39 is 6.04 Å². The lowest BCUT2D eigenvalue weighted by atomic mass is 10.1. The first-order valence-electron chi connectivity index (χ1n) is 11.5. The molecule has 3 amide bonds. The third kappa shape index (κ3) is 4.64. The molecule has 0 saturated carbocycles. The monoisotopic (exact) mass is 477 g/mol. The van der Waals surface area contributed by atoms with Gasteiger partial charge in [-0.15, -0.1) is 0 Å². The number of nitrogens with zero attached hydrogens (tertiary/aromatic N) is 2. The minimum Gasteiger partial charge on any atom is -0.357 e. The Morgan fingerprint density at radius 3 is 2.44 bits per heavy atom. The molecule has 34 heavy (non-hydrogen) atoms. The lowest BCUT2D eigenvalue weighted by molar-refractivity contribution is -0.141. The molecule has 6 nitrogen and oxygen atoms in total. The highest BCUT2D eigenvalue weighted by Crippen LogP contribution is 2.37. The highest BCUT2D eigenvalue weighted by molar-refractivity contribution is 6.30. The van der Waals surface area contributed by atoms with Gasteiger partial charge in [0.05, 0.1) is 5.69 Å². The fourth-order valence-electron chi connectivity index (χ4n) is 4.61. The topological polar surface area (TPSA) is 69.7 Å². The fourth-order valence-corrected chi connectivity index (χ4v) is 4.73. The summed E-state index contributed by atoms with van der Waals surface area (Å²) < 4.78 is 0. The number of carbonyl (C=O) groups is 3.